The van der Waals surface area contributed by atoms with E-state index in [0.717, 1.165) is 30.0 Å². The number of amides is 1. The standard InChI is InChI=1S/C27H31ClFN5O2/c1-18-15-24(30-17-20-5-8-21(28)16-23(20)29)32-25(31-18)19-6-9-22(10-7-19)33-11-13-34(14-12-33)26(35)36-27(2,3)4/h5-10,15-16H,11-14,17H2,1-4H3,(H,30,31,32). The molecule has 1 fully saturated rings. The van der Waals surface area contributed by atoms with Gasteiger partial charge in [0.15, 0.2) is 5.82 Å². The zero-order chi connectivity index (χ0) is 25.9. The van der Waals surface area contributed by atoms with E-state index >= 15 is 0 Å². The van der Waals surface area contributed by atoms with Gasteiger partial charge < -0.3 is 19.9 Å². The molecule has 0 atom stereocenters. The molecule has 9 heteroatoms. The van der Waals surface area contributed by atoms with Gasteiger partial charge in [0.25, 0.3) is 0 Å². The van der Waals surface area contributed by atoms with Crippen LogP contribution in [0.15, 0.2) is 48.5 Å². The predicted molar refractivity (Wildman–Crippen MR) is 141 cm³/mol. The number of hydrogen-bond acceptors (Lipinski definition) is 6. The third kappa shape index (κ3) is 6.63. The zero-order valence-corrected chi connectivity index (χ0v) is 21.8. The van der Waals surface area contributed by atoms with Crippen LogP contribution in [0.1, 0.15) is 32.0 Å². The van der Waals surface area contributed by atoms with E-state index in [2.05, 4.69) is 20.2 Å². The van der Waals surface area contributed by atoms with E-state index in [1.807, 2.05) is 58.0 Å². The average Bonchev–Trinajstić information content (AvgIpc) is 2.82. The van der Waals surface area contributed by atoms with Gasteiger partial charge in [0.1, 0.15) is 17.2 Å². The summed E-state index contributed by atoms with van der Waals surface area (Å²) in [4.78, 5) is 25.5. The number of carbonyl (C=O) groups excluding carboxylic acids is 1. The van der Waals surface area contributed by atoms with Crippen LogP contribution in [0, 0.1) is 12.7 Å². The van der Waals surface area contributed by atoms with Crippen molar-refractivity contribution >= 4 is 29.2 Å². The third-order valence-corrected chi connectivity index (χ3v) is 5.99. The van der Waals surface area contributed by atoms with Crippen molar-refractivity contribution in [3.63, 3.8) is 0 Å². The fourth-order valence-corrected chi connectivity index (χ4v) is 4.09. The van der Waals surface area contributed by atoms with Crippen LogP contribution in [-0.2, 0) is 11.3 Å². The van der Waals surface area contributed by atoms with Gasteiger partial charge in [-0.3, -0.25) is 0 Å². The first-order valence-electron chi connectivity index (χ1n) is 11.9. The number of benzene rings is 2. The van der Waals surface area contributed by atoms with Gasteiger partial charge in [0.05, 0.1) is 0 Å². The van der Waals surface area contributed by atoms with E-state index < -0.39 is 5.60 Å². The van der Waals surface area contributed by atoms with Crippen molar-refractivity contribution in [2.24, 2.45) is 0 Å². The zero-order valence-electron chi connectivity index (χ0n) is 21.0. The van der Waals surface area contributed by atoms with Gasteiger partial charge in [-0.2, -0.15) is 0 Å². The second-order valence-electron chi connectivity index (χ2n) is 9.81. The number of aromatic nitrogens is 2. The molecule has 0 saturated carbocycles. The molecule has 1 amide bonds. The Bertz CT molecular complexity index is 1220. The van der Waals surface area contributed by atoms with Crippen LogP contribution in [0.5, 0.6) is 0 Å². The summed E-state index contributed by atoms with van der Waals surface area (Å²) in [5.74, 6) is 0.855. The maximum Gasteiger partial charge on any atom is 0.410 e. The normalized spacial score (nSPS) is 14.1. The lowest BCUT2D eigenvalue weighted by atomic mass is 10.1. The van der Waals surface area contributed by atoms with E-state index in [1.54, 1.807) is 17.0 Å². The van der Waals surface area contributed by atoms with Crippen molar-refractivity contribution in [1.82, 2.24) is 14.9 Å². The lowest BCUT2D eigenvalue weighted by molar-refractivity contribution is 0.0240. The molecule has 1 aliphatic heterocycles. The number of halogens is 2. The number of carbonyl (C=O) groups is 1. The van der Waals surface area contributed by atoms with Crippen LogP contribution in [0.4, 0.5) is 20.7 Å². The van der Waals surface area contributed by atoms with Gasteiger partial charge >= 0.3 is 6.09 Å². The lowest BCUT2D eigenvalue weighted by Gasteiger charge is -2.36. The summed E-state index contributed by atoms with van der Waals surface area (Å²) >= 11 is 5.84. The molecule has 0 bridgehead atoms. The number of aryl methyl sites for hydroxylation is 1. The molecule has 0 unspecified atom stereocenters. The molecule has 1 aliphatic rings. The number of hydrogen-bond donors (Lipinski definition) is 1. The minimum Gasteiger partial charge on any atom is -0.444 e. The van der Waals surface area contributed by atoms with E-state index in [-0.39, 0.29) is 18.5 Å². The van der Waals surface area contributed by atoms with E-state index in [4.69, 9.17) is 16.3 Å². The van der Waals surface area contributed by atoms with Gasteiger partial charge in [-0.15, -0.1) is 0 Å². The molecular weight excluding hydrogens is 481 g/mol. The number of anilines is 2. The van der Waals surface area contributed by atoms with Gasteiger partial charge in [-0.1, -0.05) is 17.7 Å². The van der Waals surface area contributed by atoms with Crippen LogP contribution < -0.4 is 10.2 Å². The smallest absolute Gasteiger partial charge is 0.410 e. The van der Waals surface area contributed by atoms with Gasteiger partial charge in [0.2, 0.25) is 0 Å². The number of nitrogens with one attached hydrogen (secondary N) is 1. The fraction of sp³-hybridized carbons (Fsp3) is 0.370. The molecule has 2 aromatic carbocycles. The molecule has 7 nitrogen and oxygen atoms in total. The molecule has 1 aromatic heterocycles. The highest BCUT2D eigenvalue weighted by atomic mass is 35.5. The Kier molecular flexibility index (Phi) is 7.64. The second-order valence-corrected chi connectivity index (χ2v) is 10.2. The van der Waals surface area contributed by atoms with Gasteiger partial charge in [-0.05, 0) is 64.1 Å². The topological polar surface area (TPSA) is 70.6 Å². The monoisotopic (exact) mass is 511 g/mol. The Labute approximate surface area is 216 Å². The van der Waals surface area contributed by atoms with Crippen molar-refractivity contribution in [2.45, 2.75) is 39.8 Å². The second kappa shape index (κ2) is 10.7. The SMILES string of the molecule is Cc1cc(NCc2ccc(Cl)cc2F)nc(-c2ccc(N3CCN(C(=O)OC(C)(C)C)CC3)cc2)n1. The summed E-state index contributed by atoms with van der Waals surface area (Å²) in [6.07, 6.45) is -0.266. The Morgan fingerprint density at radius 1 is 1.06 bits per heavy atom. The number of rotatable bonds is 5. The Hall–Kier alpha value is -3.39. The minimum absolute atomic E-state index is 0.266. The maximum absolute atomic E-state index is 14.1. The Morgan fingerprint density at radius 2 is 1.75 bits per heavy atom. The summed E-state index contributed by atoms with van der Waals surface area (Å²) in [5.41, 5.74) is 2.78. The fourth-order valence-electron chi connectivity index (χ4n) is 3.93. The number of nitrogens with zero attached hydrogens (tertiary/aromatic N) is 4. The lowest BCUT2D eigenvalue weighted by Crippen LogP contribution is -2.50. The Balaban J connectivity index is 1.39. The van der Waals surface area contributed by atoms with Crippen LogP contribution in [0.3, 0.4) is 0 Å². The molecule has 0 aliphatic carbocycles. The molecule has 0 spiro atoms. The van der Waals surface area contributed by atoms with Crippen LogP contribution in [0.25, 0.3) is 11.4 Å². The molecule has 3 aromatic rings. The molecule has 1 N–H and O–H groups in total. The largest absolute Gasteiger partial charge is 0.444 e. The van der Waals surface area contributed by atoms with Crippen molar-refractivity contribution in [2.75, 3.05) is 36.4 Å². The highest BCUT2D eigenvalue weighted by molar-refractivity contribution is 6.30. The maximum atomic E-state index is 14.1. The molecule has 1 saturated heterocycles. The molecular formula is C27H31ClFN5O2. The van der Waals surface area contributed by atoms with Gasteiger partial charge in [-0.25, -0.2) is 19.2 Å². The summed E-state index contributed by atoms with van der Waals surface area (Å²) in [6.45, 7) is 10.5. The van der Waals surface area contributed by atoms with Crippen LogP contribution in [-0.4, -0.2) is 52.7 Å². The molecule has 190 valence electrons. The predicted octanol–water partition coefficient (Wildman–Crippen LogP) is 5.91. The number of piperazine rings is 1. The molecule has 2 heterocycles. The summed E-state index contributed by atoms with van der Waals surface area (Å²) < 4.78 is 19.6. The quantitative estimate of drug-likeness (QED) is 0.459. The van der Waals surface area contributed by atoms with Crippen LogP contribution >= 0.6 is 11.6 Å². The molecule has 36 heavy (non-hydrogen) atoms. The van der Waals surface area contributed by atoms with Crippen LogP contribution in [0.2, 0.25) is 5.02 Å². The van der Waals surface area contributed by atoms with Crippen molar-refractivity contribution < 1.29 is 13.9 Å². The van der Waals surface area contributed by atoms with Crippen molar-refractivity contribution in [3.05, 3.63) is 70.6 Å². The van der Waals surface area contributed by atoms with Crippen molar-refractivity contribution in [3.8, 4) is 11.4 Å². The average molecular weight is 512 g/mol. The third-order valence-electron chi connectivity index (χ3n) is 5.75. The van der Waals surface area contributed by atoms with E-state index in [1.165, 1.54) is 6.07 Å². The molecule has 4 rings (SSSR count). The Morgan fingerprint density at radius 3 is 2.39 bits per heavy atom. The first-order chi connectivity index (χ1) is 17.1. The first-order valence-corrected chi connectivity index (χ1v) is 12.3. The minimum atomic E-state index is -0.497. The van der Waals surface area contributed by atoms with Gasteiger partial charge in [0, 0.05) is 66.3 Å². The first kappa shape index (κ1) is 25.7. The highest BCUT2D eigenvalue weighted by Gasteiger charge is 2.26. The summed E-state index contributed by atoms with van der Waals surface area (Å²) in [7, 11) is 0. The van der Waals surface area contributed by atoms with E-state index in [9.17, 15) is 9.18 Å². The number of ether oxygens (including phenoxy) is 1. The molecule has 0 radical (unpaired) electrons. The summed E-state index contributed by atoms with van der Waals surface area (Å²) in [6, 6.07) is 14.5. The van der Waals surface area contributed by atoms with Crippen molar-refractivity contribution in [1.29, 1.82) is 0 Å². The van der Waals surface area contributed by atoms with E-state index in [0.29, 0.717) is 35.3 Å². The summed E-state index contributed by atoms with van der Waals surface area (Å²) in [5, 5.41) is 3.54. The highest BCUT2D eigenvalue weighted by Crippen LogP contribution is 2.24.